The summed E-state index contributed by atoms with van der Waals surface area (Å²) < 4.78 is 61.5. The maximum absolute atomic E-state index is 12.3. The van der Waals surface area contributed by atoms with Crippen LogP contribution < -0.4 is 125 Å². The molecule has 1 aromatic carbocycles. The van der Waals surface area contributed by atoms with Gasteiger partial charge in [0, 0.05) is 17.7 Å². The van der Waals surface area contributed by atoms with Gasteiger partial charge in [0.2, 0.25) is 26.7 Å². The number of anilines is 2. The average Bonchev–Trinajstić information content (AvgIpc) is 2.88. The minimum absolute atomic E-state index is 0. The molecule has 0 bridgehead atoms. The van der Waals surface area contributed by atoms with Crippen molar-refractivity contribution in [1.82, 2.24) is 25.3 Å². The summed E-state index contributed by atoms with van der Waals surface area (Å²) in [5.74, 6) is -3.16. The van der Waals surface area contributed by atoms with Crippen LogP contribution in [0.5, 0.6) is 0 Å². The first-order valence-corrected chi connectivity index (χ1v) is 13.5. The van der Waals surface area contributed by atoms with E-state index in [4.69, 9.17) is 15.9 Å². The van der Waals surface area contributed by atoms with Crippen molar-refractivity contribution in [2.45, 2.75) is 25.4 Å². The number of hydrogen-bond acceptors (Lipinski definition) is 17. The molecule has 3 rings (SSSR count). The number of carboxylic acid groups (broad SMARTS) is 2. The molecule has 2 aromatic heterocycles. The van der Waals surface area contributed by atoms with Crippen LogP contribution in [-0.2, 0) is 45.6 Å². The van der Waals surface area contributed by atoms with Gasteiger partial charge >= 0.3 is 115 Å². The van der Waals surface area contributed by atoms with Crippen molar-refractivity contribution >= 4 is 61.4 Å². The van der Waals surface area contributed by atoms with Crippen molar-refractivity contribution in [1.29, 1.82) is 0 Å². The van der Waals surface area contributed by atoms with Crippen molar-refractivity contribution in [2.24, 2.45) is 0 Å². The summed E-state index contributed by atoms with van der Waals surface area (Å²) in [4.78, 5) is 60.6. The third kappa shape index (κ3) is 16.2. The first-order chi connectivity index (χ1) is 19.4. The Morgan fingerprint density at radius 1 is 1.00 bits per heavy atom. The summed E-state index contributed by atoms with van der Waals surface area (Å²) >= 11 is 0. The number of nitrogen functional groups attached to an aromatic ring is 1. The molecule has 0 unspecified atom stereocenters. The van der Waals surface area contributed by atoms with Crippen LogP contribution in [0.1, 0.15) is 28.9 Å². The Kier molecular flexibility index (Phi) is 18.5. The maximum atomic E-state index is 12.3. The minimum atomic E-state index is -5.31. The molecule has 2 heterocycles. The van der Waals surface area contributed by atoms with Gasteiger partial charge in [-0.1, -0.05) is 0 Å². The van der Waals surface area contributed by atoms with Gasteiger partial charge in [0.25, 0.3) is 11.5 Å². The van der Waals surface area contributed by atoms with Gasteiger partial charge in [-0.15, -0.1) is 8.67 Å². The number of hydrogen-bond donors (Lipinski definition) is 6. The Morgan fingerprint density at radius 2 is 1.57 bits per heavy atom. The smallest absolute Gasteiger partial charge is 0.724 e. The number of fused-ring (bicyclic) bond motifs is 1. The first kappa shape index (κ1) is 42.5. The summed E-state index contributed by atoms with van der Waals surface area (Å²) in [5.41, 5.74) is 6.47. The summed E-state index contributed by atoms with van der Waals surface area (Å²) in [5, 5.41) is 23.2. The number of benzene rings is 1. The average molecular weight is 712 g/mol. The van der Waals surface area contributed by atoms with E-state index in [2.05, 4.69) is 39.2 Å². The second-order valence-corrected chi connectivity index (χ2v) is 9.57. The number of nitrogens with two attached hydrogens (primary N) is 1. The van der Waals surface area contributed by atoms with E-state index in [1.807, 2.05) is 0 Å². The summed E-state index contributed by atoms with van der Waals surface area (Å²) in [6.45, 7) is 0.231. The largest absolute Gasteiger partial charge is 1.00 e. The van der Waals surface area contributed by atoms with Crippen LogP contribution in [-0.4, -0.2) is 80.0 Å². The molecule has 0 saturated heterocycles. The summed E-state index contributed by atoms with van der Waals surface area (Å²) in [6, 6.07) is 4.86. The quantitative estimate of drug-likeness (QED) is 0.0334. The molecular weight excluding hydrogens is 693 g/mol. The number of carboxylic acids is 2. The fraction of sp³-hybridized carbons (Fsp3) is 0.211. The number of carbonyl (C=O) groups is 3. The van der Waals surface area contributed by atoms with Crippen LogP contribution in [0.25, 0.3) is 11.2 Å². The van der Waals surface area contributed by atoms with Gasteiger partial charge in [-0.05, 0) is 30.7 Å². The minimum Gasteiger partial charge on any atom is -0.724 e. The molecule has 21 nitrogen and oxygen atoms in total. The molecule has 44 heavy (non-hydrogen) atoms. The number of aliphatic carboxylic acids is 2. The Hall–Kier alpha value is -1.54. The summed E-state index contributed by atoms with van der Waals surface area (Å²) in [6.07, 6.45) is 0.840. The molecule has 0 saturated carbocycles. The molecule has 25 heteroatoms. The Morgan fingerprint density at radius 3 is 2.07 bits per heavy atom. The number of carbonyl (C=O) groups excluding carboxylic acids is 1. The van der Waals surface area contributed by atoms with Crippen molar-refractivity contribution < 1.29 is 162 Å². The number of nitrogens with one attached hydrogen (secondary N) is 3. The summed E-state index contributed by atoms with van der Waals surface area (Å²) in [7, 11) is -10.6. The number of rotatable bonds is 12. The number of aromatic nitrogens is 4. The van der Waals surface area contributed by atoms with E-state index in [9.17, 15) is 45.1 Å². The molecule has 0 aliphatic rings. The van der Waals surface area contributed by atoms with Crippen molar-refractivity contribution in [3.63, 3.8) is 0 Å². The molecule has 0 spiro atoms. The number of aromatic amines is 1. The zero-order valence-electron chi connectivity index (χ0n) is 22.6. The van der Waals surface area contributed by atoms with Gasteiger partial charge in [0.15, 0.2) is 11.2 Å². The van der Waals surface area contributed by atoms with E-state index in [0.29, 0.717) is 11.4 Å². The predicted molar refractivity (Wildman–Crippen MR) is 133 cm³/mol. The third-order valence-electron chi connectivity index (χ3n) is 4.55. The van der Waals surface area contributed by atoms with Crippen molar-refractivity contribution in [2.75, 3.05) is 11.1 Å². The van der Waals surface area contributed by atoms with Gasteiger partial charge in [-0.3, -0.25) is 19.4 Å². The molecule has 1 amide bonds. The number of amides is 1. The Bertz CT molecular complexity index is 1710. The Balaban J connectivity index is 0.00000133. The van der Waals surface area contributed by atoms with Gasteiger partial charge in [0.05, 0.1) is 18.4 Å². The molecule has 3 aromatic rings. The maximum Gasteiger partial charge on any atom is 1.00 e. The monoisotopic (exact) mass is 711 g/mol. The Labute approximate surface area is 332 Å². The van der Waals surface area contributed by atoms with E-state index in [1.54, 1.807) is 12.1 Å². The van der Waals surface area contributed by atoms with Gasteiger partial charge in [-0.25, -0.2) is 31.6 Å². The predicted octanol–water partition coefficient (Wildman–Crippen LogP) is -8.18. The van der Waals surface area contributed by atoms with Crippen LogP contribution in [0.4, 0.5) is 11.6 Å². The van der Waals surface area contributed by atoms with Gasteiger partial charge in [0.1, 0.15) is 6.04 Å². The fourth-order valence-electron chi connectivity index (χ4n) is 2.82. The third-order valence-corrected chi connectivity index (χ3v) is 5.11. The number of H-pyrrole nitrogens is 1. The van der Waals surface area contributed by atoms with E-state index in [1.165, 1.54) is 18.3 Å². The normalized spacial score (nSPS) is 11.5. The zero-order chi connectivity index (χ0) is 31.7. The standard InChI is InChI=1S/C19H19N7O6.2K.H2O8S2/c20-19-25-15-14(17(30)26-19)23-11(8-22-15)7-21-10-3-1-9(2-4-10)16(29)24-12(18(31)32)5-6-13(27)28;;;1-9(2,3)7-8-10(4,5)6/h1-4,8,12,21H,5-7H2,(H,24,29)(H,27,28)(H,31,32)(H3,20,22,25,26,30);;;(H,1,2,3)(H,4,5,6)/q;2*+1;/p-2/t12-;;;/m0.../s1. The topological polar surface area (TPSA) is 346 Å². The molecule has 228 valence electrons. The van der Waals surface area contributed by atoms with E-state index in [0.717, 1.165) is 0 Å². The molecule has 0 radical (unpaired) electrons. The van der Waals surface area contributed by atoms with Crippen LogP contribution in [0, 0.1) is 0 Å². The van der Waals surface area contributed by atoms with Crippen molar-refractivity contribution in [3.8, 4) is 0 Å². The SMILES string of the molecule is Nc1nc2ncc(CNc3ccc(C(=O)N[C@@H](CCC(=O)O)C(=O)O)cc3)nc2c(=O)[nH]1.O=S(=O)([O-])OOS(=O)(=O)[O-].[K+].[K+]. The van der Waals surface area contributed by atoms with E-state index >= 15 is 0 Å². The first-order valence-electron chi connectivity index (χ1n) is 10.8. The molecule has 0 fully saturated rings. The van der Waals surface area contributed by atoms with Crippen LogP contribution in [0.2, 0.25) is 0 Å². The van der Waals surface area contributed by atoms with Gasteiger partial charge < -0.3 is 35.7 Å². The fourth-order valence-corrected chi connectivity index (χ4v) is 3.37. The van der Waals surface area contributed by atoms with Crippen LogP contribution in [0.3, 0.4) is 0 Å². The molecule has 1 atom stereocenters. The van der Waals surface area contributed by atoms with Crippen LogP contribution >= 0.6 is 0 Å². The van der Waals surface area contributed by atoms with Gasteiger partial charge in [-0.2, -0.15) is 4.98 Å². The van der Waals surface area contributed by atoms with Crippen molar-refractivity contribution in [3.05, 3.63) is 52.1 Å². The number of nitrogens with zero attached hydrogens (tertiary/aromatic N) is 3. The zero-order valence-corrected chi connectivity index (χ0v) is 30.5. The van der Waals surface area contributed by atoms with E-state index in [-0.39, 0.29) is 145 Å². The molecule has 7 N–H and O–H groups in total. The second-order valence-electron chi connectivity index (χ2n) is 7.66. The second kappa shape index (κ2) is 19.2. The van der Waals surface area contributed by atoms with E-state index < -0.39 is 50.2 Å². The molecule has 0 aliphatic heterocycles. The van der Waals surface area contributed by atoms with Crippen LogP contribution in [0.15, 0.2) is 35.3 Å². The molecular formula is C19H19K2N7O14S2. The molecule has 0 aliphatic carbocycles.